The highest BCUT2D eigenvalue weighted by Gasteiger charge is 2.32. The van der Waals surface area contributed by atoms with Gasteiger partial charge in [-0.15, -0.1) is 0 Å². The van der Waals surface area contributed by atoms with Crippen molar-refractivity contribution in [2.24, 2.45) is 0 Å². The molecule has 0 saturated heterocycles. The van der Waals surface area contributed by atoms with Crippen LogP contribution in [-0.2, 0) is 9.59 Å². The number of carbonyl (C=O) groups is 2. The molecule has 0 fully saturated rings. The second-order valence-corrected chi connectivity index (χ2v) is 4.27. The van der Waals surface area contributed by atoms with Gasteiger partial charge in [-0.25, -0.2) is 9.07 Å². The molecule has 0 unspecified atom stereocenters. The zero-order chi connectivity index (χ0) is 14.1. The Bertz CT molecular complexity index is 684. The van der Waals surface area contributed by atoms with Gasteiger partial charge in [0.1, 0.15) is 18.2 Å². The molecule has 7 nitrogen and oxygen atoms in total. The van der Waals surface area contributed by atoms with E-state index in [-0.39, 0.29) is 24.0 Å². The van der Waals surface area contributed by atoms with Crippen molar-refractivity contribution >= 4 is 23.5 Å². The Labute approximate surface area is 112 Å². The number of hydrogen-bond donors (Lipinski definition) is 2. The lowest BCUT2D eigenvalue weighted by Gasteiger charge is -2.22. The maximum Gasteiger partial charge on any atom is 0.250 e. The Kier molecular flexibility index (Phi) is 2.90. The van der Waals surface area contributed by atoms with E-state index in [1.807, 2.05) is 0 Å². The first kappa shape index (κ1) is 12.3. The number of hydrogen-bond acceptors (Lipinski definition) is 4. The molecule has 0 saturated carbocycles. The summed E-state index contributed by atoms with van der Waals surface area (Å²) in [4.78, 5) is 27.5. The van der Waals surface area contributed by atoms with E-state index in [1.54, 1.807) is 6.07 Å². The Morgan fingerprint density at radius 3 is 3.05 bits per heavy atom. The molecule has 20 heavy (non-hydrogen) atoms. The summed E-state index contributed by atoms with van der Waals surface area (Å²) in [7, 11) is 0. The summed E-state index contributed by atoms with van der Waals surface area (Å²) in [5.74, 6) is -1.19. The number of anilines is 2. The van der Waals surface area contributed by atoms with E-state index < -0.39 is 17.8 Å². The lowest BCUT2D eigenvalue weighted by atomic mass is 10.1. The van der Waals surface area contributed by atoms with Crippen molar-refractivity contribution in [3.05, 3.63) is 36.4 Å². The summed E-state index contributed by atoms with van der Waals surface area (Å²) in [5, 5.41) is 8.84. The maximum atomic E-state index is 13.5. The minimum Gasteiger partial charge on any atom is -0.322 e. The zero-order valence-electron chi connectivity index (χ0n) is 10.2. The number of rotatable bonds is 2. The highest BCUT2D eigenvalue weighted by molar-refractivity contribution is 6.00. The van der Waals surface area contributed by atoms with Gasteiger partial charge >= 0.3 is 0 Å². The van der Waals surface area contributed by atoms with E-state index in [0.29, 0.717) is 0 Å². The molecule has 2 N–H and O–H groups in total. The van der Waals surface area contributed by atoms with Crippen LogP contribution in [0.3, 0.4) is 0 Å². The molecule has 1 aliphatic rings. The Morgan fingerprint density at radius 1 is 1.45 bits per heavy atom. The summed E-state index contributed by atoms with van der Waals surface area (Å²) in [6.45, 7) is 0. The molecule has 2 aromatic rings. The molecule has 2 heterocycles. The second kappa shape index (κ2) is 4.72. The molecule has 102 valence electrons. The van der Waals surface area contributed by atoms with Crippen molar-refractivity contribution in [1.82, 2.24) is 14.8 Å². The van der Waals surface area contributed by atoms with Gasteiger partial charge in [-0.05, 0) is 12.1 Å². The van der Waals surface area contributed by atoms with Crippen molar-refractivity contribution in [2.75, 3.05) is 10.6 Å². The Balaban J connectivity index is 1.85. The zero-order valence-corrected chi connectivity index (χ0v) is 10.2. The third-order valence-corrected chi connectivity index (χ3v) is 2.93. The predicted octanol–water partition coefficient (Wildman–Crippen LogP) is 0.939. The maximum absolute atomic E-state index is 13.5. The van der Waals surface area contributed by atoms with Gasteiger partial charge in [0.2, 0.25) is 17.8 Å². The molecule has 1 aliphatic heterocycles. The van der Waals surface area contributed by atoms with Crippen LogP contribution in [0.1, 0.15) is 12.5 Å². The fourth-order valence-corrected chi connectivity index (χ4v) is 1.99. The van der Waals surface area contributed by atoms with Gasteiger partial charge in [0.05, 0.1) is 12.1 Å². The van der Waals surface area contributed by atoms with Crippen LogP contribution in [0.5, 0.6) is 0 Å². The van der Waals surface area contributed by atoms with Crippen molar-refractivity contribution in [3.8, 4) is 0 Å². The molecule has 1 aromatic heterocycles. The van der Waals surface area contributed by atoms with Gasteiger partial charge in [-0.3, -0.25) is 14.9 Å². The standard InChI is InChI=1S/C12H10FN5O2/c13-7-3-1-2-4-8(7)16-11(20)9-5-10(19)17-12-14-6-15-18(9)12/h1-4,6,9H,5H2,(H,16,20)(H,14,15,17,19)/t9-/m0/s1. The first-order valence-electron chi connectivity index (χ1n) is 5.90. The molecule has 1 aromatic carbocycles. The van der Waals surface area contributed by atoms with Crippen LogP contribution in [0.2, 0.25) is 0 Å². The third kappa shape index (κ3) is 2.11. The summed E-state index contributed by atoms with van der Waals surface area (Å²) < 4.78 is 14.8. The van der Waals surface area contributed by atoms with Gasteiger partial charge in [-0.1, -0.05) is 12.1 Å². The van der Waals surface area contributed by atoms with Crippen molar-refractivity contribution < 1.29 is 14.0 Å². The molecule has 2 amide bonds. The average molecular weight is 275 g/mol. The largest absolute Gasteiger partial charge is 0.322 e. The molecule has 0 spiro atoms. The summed E-state index contributed by atoms with van der Waals surface area (Å²) in [6.07, 6.45) is 1.17. The minimum absolute atomic E-state index is 0.0603. The first-order chi connectivity index (χ1) is 9.65. The van der Waals surface area contributed by atoms with Crippen LogP contribution in [0.4, 0.5) is 16.0 Å². The molecule has 0 bridgehead atoms. The molecular weight excluding hydrogens is 265 g/mol. The number of fused-ring (bicyclic) bond motifs is 1. The number of aromatic nitrogens is 3. The van der Waals surface area contributed by atoms with E-state index in [1.165, 1.54) is 29.2 Å². The molecule has 1 atom stereocenters. The fraction of sp³-hybridized carbons (Fsp3) is 0.167. The van der Waals surface area contributed by atoms with Crippen LogP contribution < -0.4 is 10.6 Å². The second-order valence-electron chi connectivity index (χ2n) is 4.27. The van der Waals surface area contributed by atoms with Gasteiger partial charge in [0, 0.05) is 0 Å². The van der Waals surface area contributed by atoms with E-state index in [4.69, 9.17) is 0 Å². The quantitative estimate of drug-likeness (QED) is 0.853. The SMILES string of the molecule is O=C1C[C@@H](C(=O)Nc2ccccc2F)n2ncnc2N1. The number of nitrogens with zero attached hydrogens (tertiary/aromatic N) is 3. The molecule has 3 rings (SSSR count). The first-order valence-corrected chi connectivity index (χ1v) is 5.90. The highest BCUT2D eigenvalue weighted by atomic mass is 19.1. The van der Waals surface area contributed by atoms with Gasteiger partial charge in [0.25, 0.3) is 0 Å². The van der Waals surface area contributed by atoms with Crippen LogP contribution in [-0.4, -0.2) is 26.6 Å². The van der Waals surface area contributed by atoms with Gasteiger partial charge in [-0.2, -0.15) is 10.1 Å². The lowest BCUT2D eigenvalue weighted by Crippen LogP contribution is -2.36. The van der Waals surface area contributed by atoms with Crippen LogP contribution in [0, 0.1) is 5.82 Å². The number of para-hydroxylation sites is 1. The van der Waals surface area contributed by atoms with E-state index in [9.17, 15) is 14.0 Å². The molecule has 0 aliphatic carbocycles. The number of halogens is 1. The lowest BCUT2D eigenvalue weighted by molar-refractivity contribution is -0.125. The number of amides is 2. The molecular formula is C12H10FN5O2. The number of carbonyl (C=O) groups excluding carboxylic acids is 2. The normalized spacial score (nSPS) is 17.2. The summed E-state index contributed by atoms with van der Waals surface area (Å²) in [6, 6.07) is 4.96. The van der Waals surface area contributed by atoms with Gasteiger partial charge in [0.15, 0.2) is 0 Å². The summed E-state index contributed by atoms with van der Waals surface area (Å²) in [5.41, 5.74) is 0.0603. The number of nitrogens with one attached hydrogen (secondary N) is 2. The fourth-order valence-electron chi connectivity index (χ4n) is 1.99. The molecule has 0 radical (unpaired) electrons. The van der Waals surface area contributed by atoms with E-state index in [0.717, 1.165) is 0 Å². The van der Waals surface area contributed by atoms with Gasteiger partial charge < -0.3 is 5.32 Å². The predicted molar refractivity (Wildman–Crippen MR) is 67.3 cm³/mol. The smallest absolute Gasteiger partial charge is 0.250 e. The summed E-state index contributed by atoms with van der Waals surface area (Å²) >= 11 is 0. The van der Waals surface area contributed by atoms with Crippen molar-refractivity contribution in [1.29, 1.82) is 0 Å². The van der Waals surface area contributed by atoms with Crippen LogP contribution >= 0.6 is 0 Å². The number of benzene rings is 1. The third-order valence-electron chi connectivity index (χ3n) is 2.93. The monoisotopic (exact) mass is 275 g/mol. The highest BCUT2D eigenvalue weighted by Crippen LogP contribution is 2.23. The average Bonchev–Trinajstić information content (AvgIpc) is 2.88. The van der Waals surface area contributed by atoms with E-state index >= 15 is 0 Å². The van der Waals surface area contributed by atoms with E-state index in [2.05, 4.69) is 20.7 Å². The molecule has 8 heteroatoms. The Hall–Kier alpha value is -2.77. The van der Waals surface area contributed by atoms with Crippen molar-refractivity contribution in [2.45, 2.75) is 12.5 Å². The van der Waals surface area contributed by atoms with Crippen molar-refractivity contribution in [3.63, 3.8) is 0 Å². The minimum atomic E-state index is -0.846. The Morgan fingerprint density at radius 2 is 2.25 bits per heavy atom. The van der Waals surface area contributed by atoms with Crippen LogP contribution in [0.15, 0.2) is 30.6 Å². The van der Waals surface area contributed by atoms with Crippen LogP contribution in [0.25, 0.3) is 0 Å². The topological polar surface area (TPSA) is 88.9 Å².